The predicted molar refractivity (Wildman–Crippen MR) is 132 cm³/mol. The standard InChI is InChI=1S/C23H24Cl2N4OS/c1-4-26-21(17-9-8-16(24)13-18(17)25)29-11-5-6-14-12-15(7-10-19(14)29)20-23(2,3)31-22(30)28-27-20/h7-10,12-13H,4-6,11H2,1-3H3,(H,28,30). The van der Waals surface area contributed by atoms with Gasteiger partial charge in [0.2, 0.25) is 0 Å². The summed E-state index contributed by atoms with van der Waals surface area (Å²) < 4.78 is -0.392. The lowest BCUT2D eigenvalue weighted by Gasteiger charge is -2.34. The average Bonchev–Trinajstić information content (AvgIpc) is 2.71. The SMILES string of the molecule is CCN=C(c1ccc(Cl)cc1Cl)N1CCCc2cc(C3=NNC(=O)SC3(C)C)ccc21. The molecule has 0 saturated carbocycles. The van der Waals surface area contributed by atoms with Crippen LogP contribution in [0.2, 0.25) is 10.0 Å². The zero-order chi connectivity index (χ0) is 22.2. The summed E-state index contributed by atoms with van der Waals surface area (Å²) in [6.45, 7) is 7.58. The number of nitrogens with zero attached hydrogens (tertiary/aromatic N) is 3. The van der Waals surface area contributed by atoms with Crippen LogP contribution in [0, 0.1) is 0 Å². The third-order valence-corrected chi connectivity index (χ3v) is 6.91. The van der Waals surface area contributed by atoms with Crippen LogP contribution in [-0.2, 0) is 6.42 Å². The molecule has 2 aliphatic rings. The molecule has 4 rings (SSSR count). The summed E-state index contributed by atoms with van der Waals surface area (Å²) in [6, 6.07) is 11.9. The van der Waals surface area contributed by atoms with Gasteiger partial charge in [-0.3, -0.25) is 9.79 Å². The number of rotatable bonds is 3. The number of carbonyl (C=O) groups excluding carboxylic acids is 1. The lowest BCUT2D eigenvalue weighted by Crippen LogP contribution is -2.39. The van der Waals surface area contributed by atoms with Gasteiger partial charge in [0.05, 0.1) is 15.5 Å². The van der Waals surface area contributed by atoms with Crippen molar-refractivity contribution in [3.05, 3.63) is 63.1 Å². The third kappa shape index (κ3) is 4.47. The Morgan fingerprint density at radius 3 is 2.77 bits per heavy atom. The Labute approximate surface area is 196 Å². The average molecular weight is 475 g/mol. The van der Waals surface area contributed by atoms with Gasteiger partial charge in [0.1, 0.15) is 5.84 Å². The number of carbonyl (C=O) groups is 1. The molecular weight excluding hydrogens is 451 g/mol. The van der Waals surface area contributed by atoms with E-state index >= 15 is 0 Å². The molecule has 2 heterocycles. The van der Waals surface area contributed by atoms with Crippen molar-refractivity contribution in [1.29, 1.82) is 0 Å². The summed E-state index contributed by atoms with van der Waals surface area (Å²) in [4.78, 5) is 18.8. The summed E-state index contributed by atoms with van der Waals surface area (Å²) in [5, 5.41) is 5.43. The van der Waals surface area contributed by atoms with Gasteiger partial charge in [-0.1, -0.05) is 41.0 Å². The smallest absolute Gasteiger partial charge is 0.300 e. The van der Waals surface area contributed by atoms with E-state index in [4.69, 9.17) is 28.2 Å². The number of fused-ring (bicyclic) bond motifs is 1. The third-order valence-electron chi connectivity index (χ3n) is 5.38. The van der Waals surface area contributed by atoms with Crippen molar-refractivity contribution < 1.29 is 4.79 Å². The molecule has 0 radical (unpaired) electrons. The minimum absolute atomic E-state index is 0.127. The predicted octanol–water partition coefficient (Wildman–Crippen LogP) is 6.15. The number of hydrazone groups is 1. The van der Waals surface area contributed by atoms with Crippen molar-refractivity contribution in [1.82, 2.24) is 5.43 Å². The van der Waals surface area contributed by atoms with Crippen molar-refractivity contribution >= 4 is 57.4 Å². The van der Waals surface area contributed by atoms with Gasteiger partial charge >= 0.3 is 0 Å². The fourth-order valence-electron chi connectivity index (χ4n) is 4.05. The number of nitrogens with one attached hydrogen (secondary N) is 1. The Morgan fingerprint density at radius 2 is 2.06 bits per heavy atom. The Morgan fingerprint density at radius 1 is 1.26 bits per heavy atom. The molecule has 31 heavy (non-hydrogen) atoms. The van der Waals surface area contributed by atoms with Crippen LogP contribution in [0.3, 0.4) is 0 Å². The molecule has 0 spiro atoms. The monoisotopic (exact) mass is 474 g/mol. The van der Waals surface area contributed by atoms with Crippen LogP contribution >= 0.6 is 35.0 Å². The van der Waals surface area contributed by atoms with Gasteiger partial charge in [0.25, 0.3) is 5.24 Å². The maximum absolute atomic E-state index is 11.8. The van der Waals surface area contributed by atoms with Crippen LogP contribution in [-0.4, -0.2) is 34.6 Å². The number of hydrogen-bond donors (Lipinski definition) is 1. The van der Waals surface area contributed by atoms with Gasteiger partial charge in [-0.15, -0.1) is 0 Å². The van der Waals surface area contributed by atoms with Crippen LogP contribution in [0.15, 0.2) is 46.5 Å². The number of anilines is 1. The molecular formula is C23H24Cl2N4OS. The summed E-state index contributed by atoms with van der Waals surface area (Å²) >= 11 is 13.9. The molecule has 2 aromatic carbocycles. The van der Waals surface area contributed by atoms with Crippen molar-refractivity contribution in [2.45, 2.75) is 38.4 Å². The van der Waals surface area contributed by atoms with E-state index in [2.05, 4.69) is 33.6 Å². The molecule has 1 N–H and O–H groups in total. The maximum atomic E-state index is 11.8. The molecule has 0 unspecified atom stereocenters. The van der Waals surface area contributed by atoms with Gasteiger partial charge in [0.15, 0.2) is 0 Å². The maximum Gasteiger partial charge on any atom is 0.300 e. The fourth-order valence-corrected chi connectivity index (χ4v) is 5.36. The minimum Gasteiger partial charge on any atom is -0.326 e. The number of thioether (sulfide) groups is 1. The molecule has 162 valence electrons. The van der Waals surface area contributed by atoms with E-state index in [1.165, 1.54) is 17.3 Å². The fraction of sp³-hybridized carbons (Fsp3) is 0.348. The zero-order valence-electron chi connectivity index (χ0n) is 17.7. The van der Waals surface area contributed by atoms with E-state index in [-0.39, 0.29) is 5.24 Å². The number of amidine groups is 1. The topological polar surface area (TPSA) is 57.1 Å². The lowest BCUT2D eigenvalue weighted by atomic mass is 9.93. The normalized spacial score (nSPS) is 18.4. The highest BCUT2D eigenvalue weighted by Gasteiger charge is 2.34. The van der Waals surface area contributed by atoms with Gasteiger partial charge in [-0.2, -0.15) is 5.10 Å². The van der Waals surface area contributed by atoms with E-state index < -0.39 is 4.75 Å². The molecule has 0 aliphatic carbocycles. The van der Waals surface area contributed by atoms with Gasteiger partial charge in [0, 0.05) is 29.4 Å². The Kier molecular flexibility index (Phi) is 6.33. The molecule has 1 amide bonds. The second-order valence-corrected chi connectivity index (χ2v) is 10.4. The van der Waals surface area contributed by atoms with E-state index in [0.717, 1.165) is 47.7 Å². The van der Waals surface area contributed by atoms with Crippen LogP contribution in [0.5, 0.6) is 0 Å². The number of aryl methyl sites for hydroxylation is 1. The van der Waals surface area contributed by atoms with Gasteiger partial charge in [-0.25, -0.2) is 5.43 Å². The molecule has 0 bridgehead atoms. The second kappa shape index (κ2) is 8.85. The summed E-state index contributed by atoms with van der Waals surface area (Å²) in [6.07, 6.45) is 1.98. The molecule has 2 aromatic rings. The first-order valence-electron chi connectivity index (χ1n) is 10.3. The first kappa shape index (κ1) is 22.2. The number of amides is 1. The highest BCUT2D eigenvalue weighted by atomic mass is 35.5. The Bertz CT molecular complexity index is 1100. The first-order chi connectivity index (χ1) is 14.8. The van der Waals surface area contributed by atoms with Gasteiger partial charge < -0.3 is 4.90 Å². The molecule has 0 atom stereocenters. The number of halogens is 2. The van der Waals surface area contributed by atoms with Crippen molar-refractivity contribution in [2.75, 3.05) is 18.0 Å². The molecule has 0 saturated heterocycles. The van der Waals surface area contributed by atoms with Crippen molar-refractivity contribution in [3.63, 3.8) is 0 Å². The first-order valence-corrected chi connectivity index (χ1v) is 11.8. The zero-order valence-corrected chi connectivity index (χ0v) is 20.0. The molecule has 2 aliphatic heterocycles. The highest BCUT2D eigenvalue weighted by Crippen LogP contribution is 2.36. The van der Waals surface area contributed by atoms with E-state index in [0.29, 0.717) is 16.6 Å². The van der Waals surface area contributed by atoms with Crippen molar-refractivity contribution in [3.8, 4) is 0 Å². The van der Waals surface area contributed by atoms with Crippen molar-refractivity contribution in [2.24, 2.45) is 10.1 Å². The quantitative estimate of drug-likeness (QED) is 0.428. The molecule has 5 nitrogen and oxygen atoms in total. The lowest BCUT2D eigenvalue weighted by molar-refractivity contribution is 0.260. The Balaban J connectivity index is 1.74. The second-order valence-electron chi connectivity index (χ2n) is 7.99. The highest BCUT2D eigenvalue weighted by molar-refractivity contribution is 8.15. The summed E-state index contributed by atoms with van der Waals surface area (Å²) in [7, 11) is 0. The van der Waals surface area contributed by atoms with Gasteiger partial charge in [-0.05, 0) is 75.1 Å². The number of hydrogen-bond acceptors (Lipinski definition) is 4. The molecule has 8 heteroatoms. The van der Waals surface area contributed by atoms with Crippen LogP contribution in [0.1, 0.15) is 43.9 Å². The summed E-state index contributed by atoms with van der Waals surface area (Å²) in [5.74, 6) is 0.857. The van der Waals surface area contributed by atoms with E-state index in [1.807, 2.05) is 32.9 Å². The number of benzene rings is 2. The van der Waals surface area contributed by atoms with E-state index in [9.17, 15) is 4.79 Å². The molecule has 0 aromatic heterocycles. The summed E-state index contributed by atoms with van der Waals surface area (Å²) in [5.41, 5.74) is 7.73. The molecule has 0 fully saturated rings. The number of aliphatic imine (C=N–C) groups is 1. The van der Waals surface area contributed by atoms with Crippen LogP contribution in [0.4, 0.5) is 10.5 Å². The largest absolute Gasteiger partial charge is 0.326 e. The van der Waals surface area contributed by atoms with E-state index in [1.54, 1.807) is 6.07 Å². The van der Waals surface area contributed by atoms with Crippen LogP contribution < -0.4 is 10.3 Å². The Hall–Kier alpha value is -2.02. The minimum atomic E-state index is -0.392. The van der Waals surface area contributed by atoms with Crippen LogP contribution in [0.25, 0.3) is 0 Å².